The van der Waals surface area contributed by atoms with Gasteiger partial charge in [0.25, 0.3) is 5.78 Å². The summed E-state index contributed by atoms with van der Waals surface area (Å²) in [5, 5.41) is 9.10. The molecule has 0 saturated heterocycles. The minimum atomic E-state index is -1.42. The van der Waals surface area contributed by atoms with Gasteiger partial charge in [-0.1, -0.05) is 11.6 Å². The average Bonchev–Trinajstić information content (AvgIpc) is 2.62. The van der Waals surface area contributed by atoms with E-state index in [0.29, 0.717) is 5.02 Å². The van der Waals surface area contributed by atoms with Crippen molar-refractivity contribution < 1.29 is 14.7 Å². The van der Waals surface area contributed by atoms with E-state index in [4.69, 9.17) is 16.7 Å². The van der Waals surface area contributed by atoms with Gasteiger partial charge in [-0.15, -0.1) is 0 Å². The summed E-state index contributed by atoms with van der Waals surface area (Å²) in [4.78, 5) is 22.0. The number of hydrogen-bond acceptors (Lipinski definition) is 2. The number of carboxylic acids is 1. The highest BCUT2D eigenvalue weighted by molar-refractivity contribution is 6.41. The molecule has 0 aliphatic heterocycles. The number of benzene rings is 1. The molecule has 0 unspecified atom stereocenters. The predicted octanol–water partition coefficient (Wildman–Crippen LogP) is 2.10. The van der Waals surface area contributed by atoms with Crippen molar-refractivity contribution in [2.45, 2.75) is 19.3 Å². The van der Waals surface area contributed by atoms with Gasteiger partial charge in [-0.05, 0) is 42.5 Å². The quantitative estimate of drug-likeness (QED) is 0.618. The first-order valence-electron chi connectivity index (χ1n) is 4.68. The topological polar surface area (TPSA) is 54.4 Å². The summed E-state index contributed by atoms with van der Waals surface area (Å²) < 4.78 is 0. The summed E-state index contributed by atoms with van der Waals surface area (Å²) >= 11 is 5.83. The molecule has 1 aliphatic carbocycles. The molecule has 1 aliphatic rings. The van der Waals surface area contributed by atoms with E-state index in [-0.39, 0.29) is 5.56 Å². The molecule has 0 radical (unpaired) electrons. The molecule has 2 rings (SSSR count). The van der Waals surface area contributed by atoms with Crippen LogP contribution >= 0.6 is 11.6 Å². The molecule has 0 aromatic heterocycles. The summed E-state index contributed by atoms with van der Waals surface area (Å²) in [5.74, 6) is -2.29. The number of aryl methyl sites for hydroxylation is 1. The van der Waals surface area contributed by atoms with E-state index < -0.39 is 11.8 Å². The summed E-state index contributed by atoms with van der Waals surface area (Å²) in [6.45, 7) is 0. The number of carbonyl (C=O) groups excluding carboxylic acids is 1. The van der Waals surface area contributed by atoms with Crippen molar-refractivity contribution in [2.24, 2.45) is 0 Å². The van der Waals surface area contributed by atoms with Crippen LogP contribution in [0, 0.1) is 0 Å². The number of aliphatic carboxylic acids is 1. The van der Waals surface area contributed by atoms with Gasteiger partial charge in [-0.2, -0.15) is 0 Å². The minimum Gasteiger partial charge on any atom is -0.475 e. The molecule has 0 amide bonds. The van der Waals surface area contributed by atoms with E-state index in [1.807, 2.05) is 6.07 Å². The van der Waals surface area contributed by atoms with Crippen LogP contribution in [0.1, 0.15) is 27.9 Å². The van der Waals surface area contributed by atoms with Gasteiger partial charge < -0.3 is 5.11 Å². The Morgan fingerprint density at radius 3 is 2.67 bits per heavy atom. The molecule has 4 heteroatoms. The van der Waals surface area contributed by atoms with Gasteiger partial charge in [0.05, 0.1) is 0 Å². The van der Waals surface area contributed by atoms with Crippen LogP contribution < -0.4 is 0 Å². The zero-order valence-corrected chi connectivity index (χ0v) is 8.67. The molecule has 0 saturated carbocycles. The molecule has 1 N–H and O–H groups in total. The number of halogens is 1. The van der Waals surface area contributed by atoms with E-state index in [0.717, 1.165) is 30.4 Å². The van der Waals surface area contributed by atoms with Gasteiger partial charge >= 0.3 is 5.97 Å². The van der Waals surface area contributed by atoms with Crippen molar-refractivity contribution in [3.63, 3.8) is 0 Å². The normalized spacial score (nSPS) is 13.7. The van der Waals surface area contributed by atoms with Gasteiger partial charge in [-0.3, -0.25) is 4.79 Å². The molecule has 15 heavy (non-hydrogen) atoms. The number of carbonyl (C=O) groups is 2. The Morgan fingerprint density at radius 1 is 1.27 bits per heavy atom. The van der Waals surface area contributed by atoms with E-state index in [9.17, 15) is 9.59 Å². The Labute approximate surface area is 91.7 Å². The van der Waals surface area contributed by atoms with Gasteiger partial charge in [0.15, 0.2) is 0 Å². The van der Waals surface area contributed by atoms with Crippen LogP contribution in [-0.4, -0.2) is 16.9 Å². The summed E-state index contributed by atoms with van der Waals surface area (Å²) in [6.07, 6.45) is 2.59. The number of ketones is 1. The third kappa shape index (κ3) is 1.75. The fourth-order valence-corrected chi connectivity index (χ4v) is 2.23. The Bertz CT molecular complexity index is 451. The lowest BCUT2D eigenvalue weighted by Crippen LogP contribution is -2.15. The zero-order valence-electron chi connectivity index (χ0n) is 7.92. The lowest BCUT2D eigenvalue weighted by Gasteiger charge is -2.05. The molecule has 0 heterocycles. The maximum atomic E-state index is 11.4. The van der Waals surface area contributed by atoms with Crippen LogP contribution in [0.15, 0.2) is 12.1 Å². The Hall–Kier alpha value is -1.35. The van der Waals surface area contributed by atoms with E-state index >= 15 is 0 Å². The van der Waals surface area contributed by atoms with Gasteiger partial charge in [-0.25, -0.2) is 4.79 Å². The number of rotatable bonds is 2. The van der Waals surface area contributed by atoms with E-state index in [1.54, 1.807) is 0 Å². The fourth-order valence-electron chi connectivity index (χ4n) is 1.98. The monoisotopic (exact) mass is 224 g/mol. The Balaban J connectivity index is 2.56. The predicted molar refractivity (Wildman–Crippen MR) is 55.4 cm³/mol. The van der Waals surface area contributed by atoms with Crippen LogP contribution in [-0.2, 0) is 17.6 Å². The SMILES string of the molecule is O=C(O)C(=O)c1cc(Cl)cc2c1CCC2. The second-order valence-electron chi connectivity index (χ2n) is 3.58. The van der Waals surface area contributed by atoms with Crippen molar-refractivity contribution >= 4 is 23.4 Å². The van der Waals surface area contributed by atoms with Crippen molar-refractivity contribution in [2.75, 3.05) is 0 Å². The first kappa shape index (κ1) is 10.2. The Kier molecular flexibility index (Phi) is 2.49. The number of hydrogen-bond donors (Lipinski definition) is 1. The molecule has 1 aromatic carbocycles. The van der Waals surface area contributed by atoms with Crippen LogP contribution in [0.3, 0.4) is 0 Å². The molecule has 0 fully saturated rings. The fraction of sp³-hybridized carbons (Fsp3) is 0.273. The molecular weight excluding hydrogens is 216 g/mol. The highest BCUT2D eigenvalue weighted by atomic mass is 35.5. The highest BCUT2D eigenvalue weighted by Crippen LogP contribution is 2.29. The van der Waals surface area contributed by atoms with Crippen molar-refractivity contribution in [1.29, 1.82) is 0 Å². The third-order valence-electron chi connectivity index (χ3n) is 2.62. The molecule has 0 spiro atoms. The molecular formula is C11H9ClO3. The number of fused-ring (bicyclic) bond motifs is 1. The van der Waals surface area contributed by atoms with Crippen molar-refractivity contribution in [1.82, 2.24) is 0 Å². The zero-order chi connectivity index (χ0) is 11.0. The van der Waals surface area contributed by atoms with Crippen molar-refractivity contribution in [3.05, 3.63) is 33.8 Å². The van der Waals surface area contributed by atoms with Crippen LogP contribution in [0.25, 0.3) is 0 Å². The van der Waals surface area contributed by atoms with E-state index in [2.05, 4.69) is 0 Å². The molecule has 78 valence electrons. The second kappa shape index (κ2) is 3.66. The highest BCUT2D eigenvalue weighted by Gasteiger charge is 2.23. The van der Waals surface area contributed by atoms with Crippen LogP contribution in [0.4, 0.5) is 0 Å². The first-order valence-corrected chi connectivity index (χ1v) is 5.06. The average molecular weight is 225 g/mol. The molecule has 0 atom stereocenters. The molecule has 0 bridgehead atoms. The molecule has 3 nitrogen and oxygen atoms in total. The molecule has 1 aromatic rings. The maximum absolute atomic E-state index is 11.4. The summed E-state index contributed by atoms with van der Waals surface area (Å²) in [7, 11) is 0. The minimum absolute atomic E-state index is 0.252. The lowest BCUT2D eigenvalue weighted by molar-refractivity contribution is -0.131. The van der Waals surface area contributed by atoms with Gasteiger partial charge in [0, 0.05) is 10.6 Å². The van der Waals surface area contributed by atoms with Crippen LogP contribution in [0.2, 0.25) is 5.02 Å². The second-order valence-corrected chi connectivity index (χ2v) is 4.02. The standard InChI is InChI=1S/C11H9ClO3/c12-7-4-6-2-1-3-8(6)9(5-7)10(13)11(14)15/h4-5H,1-3H2,(H,14,15). The van der Waals surface area contributed by atoms with Gasteiger partial charge in [0.1, 0.15) is 0 Å². The van der Waals surface area contributed by atoms with Crippen molar-refractivity contribution in [3.8, 4) is 0 Å². The summed E-state index contributed by atoms with van der Waals surface area (Å²) in [5.41, 5.74) is 2.11. The Morgan fingerprint density at radius 2 is 2.00 bits per heavy atom. The number of Topliss-reactive ketones (excluding diaryl/α,β-unsaturated/α-hetero) is 1. The summed E-state index contributed by atoms with van der Waals surface area (Å²) in [6, 6.07) is 3.25. The largest absolute Gasteiger partial charge is 0.475 e. The smallest absolute Gasteiger partial charge is 0.377 e. The number of carboxylic acid groups (broad SMARTS) is 1. The maximum Gasteiger partial charge on any atom is 0.377 e. The lowest BCUT2D eigenvalue weighted by atomic mass is 10.00. The van der Waals surface area contributed by atoms with E-state index in [1.165, 1.54) is 6.07 Å². The third-order valence-corrected chi connectivity index (χ3v) is 2.84. The van der Waals surface area contributed by atoms with Crippen LogP contribution in [0.5, 0.6) is 0 Å². The first-order chi connectivity index (χ1) is 7.09. The van der Waals surface area contributed by atoms with Gasteiger partial charge in [0.2, 0.25) is 0 Å².